The minimum absolute atomic E-state index is 0.108. The Kier molecular flexibility index (Phi) is 5.63. The summed E-state index contributed by atoms with van der Waals surface area (Å²) in [6.45, 7) is 7.56. The average molecular weight is 309 g/mol. The second kappa shape index (κ2) is 7.47. The van der Waals surface area contributed by atoms with Crippen LogP contribution in [0, 0.1) is 11.8 Å². The number of carbonyl (C=O) groups is 2. The Morgan fingerprint density at radius 1 is 1.45 bits per heavy atom. The Labute approximate surface area is 132 Å². The van der Waals surface area contributed by atoms with Crippen LogP contribution >= 0.6 is 0 Å². The van der Waals surface area contributed by atoms with Crippen molar-refractivity contribution in [1.29, 1.82) is 0 Å². The zero-order chi connectivity index (χ0) is 16.1. The van der Waals surface area contributed by atoms with Crippen molar-refractivity contribution in [3.8, 4) is 0 Å². The van der Waals surface area contributed by atoms with Crippen LogP contribution in [0.1, 0.15) is 26.7 Å². The lowest BCUT2D eigenvalue weighted by Gasteiger charge is -2.23. The van der Waals surface area contributed by atoms with Crippen molar-refractivity contribution in [2.75, 3.05) is 39.8 Å². The number of urea groups is 1. The number of guanidine groups is 1. The van der Waals surface area contributed by atoms with Crippen molar-refractivity contribution < 1.29 is 9.59 Å². The highest BCUT2D eigenvalue weighted by atomic mass is 16.2. The molecular weight excluding hydrogens is 282 g/mol. The van der Waals surface area contributed by atoms with E-state index in [9.17, 15) is 9.59 Å². The Bertz CT molecular complexity index is 433. The molecule has 7 nitrogen and oxygen atoms in total. The highest BCUT2D eigenvalue weighted by Crippen LogP contribution is 2.23. The van der Waals surface area contributed by atoms with E-state index in [1.165, 1.54) is 17.7 Å². The van der Waals surface area contributed by atoms with Crippen LogP contribution in [0.5, 0.6) is 0 Å². The van der Waals surface area contributed by atoms with Crippen LogP contribution in [0.25, 0.3) is 0 Å². The third-order valence-corrected chi connectivity index (χ3v) is 4.16. The number of amides is 3. The van der Waals surface area contributed by atoms with E-state index in [2.05, 4.69) is 34.4 Å². The fourth-order valence-corrected chi connectivity index (χ4v) is 3.18. The molecule has 0 radical (unpaired) electrons. The molecule has 2 rings (SSSR count). The summed E-state index contributed by atoms with van der Waals surface area (Å²) >= 11 is 0. The van der Waals surface area contributed by atoms with Crippen molar-refractivity contribution in [3.63, 3.8) is 0 Å². The van der Waals surface area contributed by atoms with Gasteiger partial charge in [0.2, 0.25) is 5.91 Å². The van der Waals surface area contributed by atoms with Gasteiger partial charge in [-0.15, -0.1) is 0 Å². The topological polar surface area (TPSA) is 77.0 Å². The number of likely N-dealkylation sites (tertiary alicyclic amines) is 1. The van der Waals surface area contributed by atoms with Gasteiger partial charge in [0.15, 0.2) is 5.96 Å². The Balaban J connectivity index is 1.76. The van der Waals surface area contributed by atoms with E-state index in [1.54, 1.807) is 7.05 Å². The van der Waals surface area contributed by atoms with Crippen LogP contribution in [0.15, 0.2) is 4.99 Å². The normalized spacial score (nSPS) is 22.7. The average Bonchev–Trinajstić information content (AvgIpc) is 3.03. The molecule has 2 heterocycles. The lowest BCUT2D eigenvalue weighted by Crippen LogP contribution is -2.44. The molecule has 1 unspecified atom stereocenters. The van der Waals surface area contributed by atoms with Gasteiger partial charge in [0.1, 0.15) is 0 Å². The Hall–Kier alpha value is -1.79. The molecule has 22 heavy (non-hydrogen) atoms. The van der Waals surface area contributed by atoms with Crippen LogP contribution in [0.3, 0.4) is 0 Å². The summed E-state index contributed by atoms with van der Waals surface area (Å²) in [5.74, 6) is 2.14. The first-order chi connectivity index (χ1) is 10.5. The van der Waals surface area contributed by atoms with Crippen LogP contribution in [-0.4, -0.2) is 67.5 Å². The Morgan fingerprint density at radius 3 is 2.82 bits per heavy atom. The molecule has 0 aromatic rings. The van der Waals surface area contributed by atoms with Crippen molar-refractivity contribution in [3.05, 3.63) is 0 Å². The van der Waals surface area contributed by atoms with E-state index in [-0.39, 0.29) is 18.5 Å². The van der Waals surface area contributed by atoms with E-state index < -0.39 is 0 Å². The molecule has 7 heteroatoms. The lowest BCUT2D eigenvalue weighted by atomic mass is 9.97. The van der Waals surface area contributed by atoms with Gasteiger partial charge in [0, 0.05) is 33.2 Å². The smallest absolute Gasteiger partial charge is 0.324 e. The molecule has 0 aliphatic carbocycles. The van der Waals surface area contributed by atoms with Crippen LogP contribution in [-0.2, 0) is 4.79 Å². The number of nitrogens with one attached hydrogen (secondary N) is 2. The Morgan fingerprint density at radius 2 is 2.23 bits per heavy atom. The van der Waals surface area contributed by atoms with Gasteiger partial charge in [0.25, 0.3) is 0 Å². The monoisotopic (exact) mass is 309 g/mol. The number of hydrogen-bond donors (Lipinski definition) is 2. The van der Waals surface area contributed by atoms with Crippen molar-refractivity contribution in [2.24, 2.45) is 16.8 Å². The molecule has 2 saturated heterocycles. The van der Waals surface area contributed by atoms with Gasteiger partial charge in [-0.25, -0.2) is 4.79 Å². The van der Waals surface area contributed by atoms with Gasteiger partial charge in [-0.3, -0.25) is 14.7 Å². The number of hydrogen-bond acceptors (Lipinski definition) is 3. The molecule has 0 aromatic heterocycles. The van der Waals surface area contributed by atoms with Gasteiger partial charge in [-0.05, 0) is 24.7 Å². The van der Waals surface area contributed by atoms with Gasteiger partial charge >= 0.3 is 6.03 Å². The summed E-state index contributed by atoms with van der Waals surface area (Å²) in [6.07, 6.45) is 2.45. The first-order valence-corrected chi connectivity index (χ1v) is 8.05. The highest BCUT2D eigenvalue weighted by Gasteiger charge is 2.28. The summed E-state index contributed by atoms with van der Waals surface area (Å²) in [7, 11) is 1.77. The summed E-state index contributed by atoms with van der Waals surface area (Å²) in [6, 6.07) is -0.306. The molecule has 0 saturated carbocycles. The molecule has 1 atom stereocenters. The fourth-order valence-electron chi connectivity index (χ4n) is 3.18. The minimum atomic E-state index is -0.306. The first-order valence-electron chi connectivity index (χ1n) is 8.05. The minimum Gasteiger partial charge on any atom is -0.354 e. The zero-order valence-corrected chi connectivity index (χ0v) is 13.8. The molecule has 2 aliphatic heterocycles. The van der Waals surface area contributed by atoms with E-state index >= 15 is 0 Å². The number of rotatable bonds is 5. The van der Waals surface area contributed by atoms with Crippen molar-refractivity contribution >= 4 is 17.9 Å². The van der Waals surface area contributed by atoms with Gasteiger partial charge in [0.05, 0.1) is 6.54 Å². The van der Waals surface area contributed by atoms with E-state index in [0.29, 0.717) is 13.1 Å². The van der Waals surface area contributed by atoms with E-state index in [4.69, 9.17) is 0 Å². The van der Waals surface area contributed by atoms with Crippen molar-refractivity contribution in [2.45, 2.75) is 26.7 Å². The van der Waals surface area contributed by atoms with Crippen LogP contribution in [0.4, 0.5) is 4.79 Å². The molecule has 0 spiro atoms. The third kappa shape index (κ3) is 4.11. The van der Waals surface area contributed by atoms with Crippen LogP contribution < -0.4 is 10.6 Å². The molecule has 2 aliphatic rings. The third-order valence-electron chi connectivity index (χ3n) is 4.16. The second-order valence-electron chi connectivity index (χ2n) is 6.41. The molecule has 124 valence electrons. The summed E-state index contributed by atoms with van der Waals surface area (Å²) in [5, 5.41) is 5.77. The molecular formula is C15H27N5O2. The van der Waals surface area contributed by atoms with Crippen LogP contribution in [0.2, 0.25) is 0 Å². The molecule has 2 N–H and O–H groups in total. The predicted octanol–water partition coefficient (Wildman–Crippen LogP) is 0.482. The summed E-state index contributed by atoms with van der Waals surface area (Å²) in [4.78, 5) is 30.8. The fraction of sp³-hybridized carbons (Fsp3) is 0.800. The molecule has 0 aromatic carbocycles. The van der Waals surface area contributed by atoms with Gasteiger partial charge < -0.3 is 15.5 Å². The molecule has 3 amide bonds. The number of carbonyl (C=O) groups excluding carboxylic acids is 2. The van der Waals surface area contributed by atoms with E-state index in [0.717, 1.165) is 30.9 Å². The summed E-state index contributed by atoms with van der Waals surface area (Å²) in [5.41, 5.74) is 0. The highest BCUT2D eigenvalue weighted by molar-refractivity contribution is 6.01. The summed E-state index contributed by atoms with van der Waals surface area (Å²) < 4.78 is 0. The van der Waals surface area contributed by atoms with Gasteiger partial charge in [-0.2, -0.15) is 0 Å². The zero-order valence-electron chi connectivity index (χ0n) is 13.8. The predicted molar refractivity (Wildman–Crippen MR) is 85.6 cm³/mol. The quantitative estimate of drug-likeness (QED) is 0.440. The SMILES string of the molecule is CN=C(NCCN1C(=O)CNC1=O)N1CCC(CC(C)C)C1. The molecule has 2 fully saturated rings. The number of imide groups is 1. The standard InChI is InChI=1S/C15H27N5O2/c1-11(2)8-12-4-6-19(10-12)14(16-3)17-5-7-20-13(21)9-18-15(20)22/h11-12H,4-10H2,1-3H3,(H,16,17)(H,18,22). The maximum atomic E-state index is 11.5. The van der Waals surface area contributed by atoms with Gasteiger partial charge in [-0.1, -0.05) is 13.8 Å². The maximum absolute atomic E-state index is 11.5. The number of nitrogens with zero attached hydrogens (tertiary/aromatic N) is 3. The number of aliphatic imine (C=N–C) groups is 1. The second-order valence-corrected chi connectivity index (χ2v) is 6.41. The lowest BCUT2D eigenvalue weighted by molar-refractivity contribution is -0.124. The largest absolute Gasteiger partial charge is 0.354 e. The first kappa shape index (κ1) is 16.6. The van der Waals surface area contributed by atoms with Crippen molar-refractivity contribution in [1.82, 2.24) is 20.4 Å². The van der Waals surface area contributed by atoms with E-state index in [1.807, 2.05) is 0 Å². The maximum Gasteiger partial charge on any atom is 0.324 e. The molecule has 0 bridgehead atoms.